The van der Waals surface area contributed by atoms with E-state index in [2.05, 4.69) is 13.8 Å². The van der Waals surface area contributed by atoms with Gasteiger partial charge in [-0.1, -0.05) is 37.6 Å². The molecular weight excluding hydrogens is 332 g/mol. The van der Waals surface area contributed by atoms with Gasteiger partial charge in [-0.05, 0) is 44.9 Å². The fourth-order valence-corrected chi connectivity index (χ4v) is 3.28. The van der Waals surface area contributed by atoms with E-state index in [-0.39, 0.29) is 24.5 Å². The molecule has 0 aromatic carbocycles. The molecule has 0 spiro atoms. The van der Waals surface area contributed by atoms with Gasteiger partial charge in [0.15, 0.2) is 11.4 Å². The lowest BCUT2D eigenvalue weighted by Crippen LogP contribution is -2.40. The largest absolute Gasteiger partial charge is 0.466 e. The molecular formula is C21H28O5. The van der Waals surface area contributed by atoms with Crippen LogP contribution in [-0.4, -0.2) is 30.4 Å². The van der Waals surface area contributed by atoms with E-state index in [1.54, 1.807) is 13.0 Å². The highest BCUT2D eigenvalue weighted by Crippen LogP contribution is 2.30. The molecule has 142 valence electrons. The van der Waals surface area contributed by atoms with Crippen LogP contribution in [0.5, 0.6) is 0 Å². The molecule has 0 aliphatic carbocycles. The number of rotatable bonds is 2. The van der Waals surface area contributed by atoms with Crippen molar-refractivity contribution in [2.45, 2.75) is 64.9 Å². The van der Waals surface area contributed by atoms with Crippen LogP contribution in [0.1, 0.15) is 59.3 Å². The van der Waals surface area contributed by atoms with E-state index in [9.17, 15) is 14.4 Å². The maximum absolute atomic E-state index is 12.7. The van der Waals surface area contributed by atoms with Gasteiger partial charge < -0.3 is 9.47 Å². The molecule has 1 atom stereocenters. The molecule has 0 amide bonds. The number of methoxy groups -OCH3 is 1. The Hall–Kier alpha value is -2.17. The maximum atomic E-state index is 12.7. The highest BCUT2D eigenvalue weighted by molar-refractivity contribution is 5.96. The lowest BCUT2D eigenvalue weighted by molar-refractivity contribution is -0.162. The molecule has 0 radical (unpaired) electrons. The Morgan fingerprint density at radius 2 is 1.88 bits per heavy atom. The Morgan fingerprint density at radius 3 is 2.54 bits per heavy atom. The second kappa shape index (κ2) is 8.47. The molecule has 26 heavy (non-hydrogen) atoms. The number of ether oxygens (including phenoxy) is 2. The smallest absolute Gasteiger partial charge is 0.334 e. The van der Waals surface area contributed by atoms with Gasteiger partial charge in [-0.25, -0.2) is 9.59 Å². The minimum Gasteiger partial charge on any atom is -0.466 e. The summed E-state index contributed by atoms with van der Waals surface area (Å²) in [6.07, 6.45) is 8.33. The first-order valence-electron chi connectivity index (χ1n) is 9.20. The van der Waals surface area contributed by atoms with Crippen molar-refractivity contribution >= 4 is 17.7 Å². The molecule has 2 rings (SSSR count). The van der Waals surface area contributed by atoms with Crippen molar-refractivity contribution in [3.63, 3.8) is 0 Å². The summed E-state index contributed by atoms with van der Waals surface area (Å²) >= 11 is 0. The summed E-state index contributed by atoms with van der Waals surface area (Å²) in [5.74, 6) is -0.715. The third kappa shape index (κ3) is 4.71. The summed E-state index contributed by atoms with van der Waals surface area (Å²) in [7, 11) is 1.33. The highest BCUT2D eigenvalue weighted by Gasteiger charge is 2.38. The average molecular weight is 360 g/mol. The Bertz CT molecular complexity index is 681. The van der Waals surface area contributed by atoms with Crippen LogP contribution in [0.2, 0.25) is 0 Å². The zero-order valence-electron chi connectivity index (χ0n) is 16.1. The molecule has 0 aromatic rings. The van der Waals surface area contributed by atoms with E-state index in [4.69, 9.17) is 9.47 Å². The van der Waals surface area contributed by atoms with Crippen LogP contribution in [0.25, 0.3) is 0 Å². The summed E-state index contributed by atoms with van der Waals surface area (Å²) < 4.78 is 10.4. The monoisotopic (exact) mass is 360 g/mol. The predicted octanol–water partition coefficient (Wildman–Crippen LogP) is 3.83. The van der Waals surface area contributed by atoms with Crippen molar-refractivity contribution in [1.29, 1.82) is 0 Å². The van der Waals surface area contributed by atoms with Crippen LogP contribution in [0.3, 0.4) is 0 Å². The van der Waals surface area contributed by atoms with Gasteiger partial charge in [0.05, 0.1) is 7.11 Å². The summed E-state index contributed by atoms with van der Waals surface area (Å²) in [6.45, 7) is 5.83. The summed E-state index contributed by atoms with van der Waals surface area (Å²) in [6, 6.07) is 0. The Balaban J connectivity index is 2.42. The van der Waals surface area contributed by atoms with E-state index >= 15 is 0 Å². The van der Waals surface area contributed by atoms with Crippen molar-refractivity contribution < 1.29 is 23.9 Å². The minimum absolute atomic E-state index is 0.130. The van der Waals surface area contributed by atoms with Crippen LogP contribution in [-0.2, 0) is 23.9 Å². The predicted molar refractivity (Wildman–Crippen MR) is 98.3 cm³/mol. The van der Waals surface area contributed by atoms with Gasteiger partial charge in [-0.3, -0.25) is 4.79 Å². The first-order valence-corrected chi connectivity index (χ1v) is 9.20. The van der Waals surface area contributed by atoms with Crippen LogP contribution in [0.4, 0.5) is 0 Å². The number of hydrogen-bond donors (Lipinski definition) is 0. The third-order valence-electron chi connectivity index (χ3n) is 5.17. The average Bonchev–Trinajstić information content (AvgIpc) is 2.74. The summed E-state index contributed by atoms with van der Waals surface area (Å²) in [5, 5.41) is 0. The second-order valence-electron chi connectivity index (χ2n) is 7.39. The van der Waals surface area contributed by atoms with Gasteiger partial charge in [-0.15, -0.1) is 0 Å². The third-order valence-corrected chi connectivity index (χ3v) is 5.17. The van der Waals surface area contributed by atoms with Gasteiger partial charge in [-0.2, -0.15) is 0 Å². The molecule has 0 saturated carbocycles. The Labute approximate surface area is 155 Å². The molecule has 2 heterocycles. The standard InChI is InChI=1S/C21H28O5/c1-14(2)15-7-9-16-6-5-13-21(3,26-20(16)24)18(22)12-11-17(10-8-15)19(23)25-4/h6,8,10,14H,5,7,9,11-13H2,1-4H3/b15-8+,17-10-/t21-/m1/s1. The van der Waals surface area contributed by atoms with Gasteiger partial charge in [0.2, 0.25) is 0 Å². The number of allylic oxidation sites excluding steroid dienone is 4. The molecule has 2 aliphatic rings. The Morgan fingerprint density at radius 1 is 1.15 bits per heavy atom. The fraction of sp³-hybridized carbons (Fsp3) is 0.571. The summed E-state index contributed by atoms with van der Waals surface area (Å²) in [5.41, 5.74) is 1.08. The zero-order valence-corrected chi connectivity index (χ0v) is 16.1. The molecule has 0 saturated heterocycles. The van der Waals surface area contributed by atoms with E-state index in [0.717, 1.165) is 5.57 Å². The zero-order chi connectivity index (χ0) is 19.3. The molecule has 2 aliphatic heterocycles. The van der Waals surface area contributed by atoms with Gasteiger partial charge in [0.25, 0.3) is 0 Å². The first-order chi connectivity index (χ1) is 12.3. The number of Topliss-reactive ketones (excluding diaryl/α,β-unsaturated/α-hetero) is 1. The second-order valence-corrected chi connectivity index (χ2v) is 7.39. The number of ketones is 1. The molecule has 5 heteroatoms. The topological polar surface area (TPSA) is 69.7 Å². The fourth-order valence-electron chi connectivity index (χ4n) is 3.28. The maximum Gasteiger partial charge on any atom is 0.334 e. The minimum atomic E-state index is -1.14. The van der Waals surface area contributed by atoms with Crippen LogP contribution in [0.15, 0.2) is 34.9 Å². The van der Waals surface area contributed by atoms with Crippen LogP contribution >= 0.6 is 0 Å². The lowest BCUT2D eigenvalue weighted by atomic mass is 9.90. The van der Waals surface area contributed by atoms with E-state index in [1.165, 1.54) is 7.11 Å². The molecule has 5 nitrogen and oxygen atoms in total. The summed E-state index contributed by atoms with van der Waals surface area (Å²) in [4.78, 5) is 37.3. The van der Waals surface area contributed by atoms with Crippen LogP contribution in [0, 0.1) is 5.92 Å². The first kappa shape index (κ1) is 20.1. The number of hydrogen-bond acceptors (Lipinski definition) is 5. The van der Waals surface area contributed by atoms with E-state index in [1.807, 2.05) is 12.2 Å². The molecule has 0 unspecified atom stereocenters. The van der Waals surface area contributed by atoms with E-state index < -0.39 is 17.5 Å². The normalized spacial score (nSPS) is 29.0. The van der Waals surface area contributed by atoms with Gasteiger partial charge in [0, 0.05) is 17.6 Å². The molecule has 0 N–H and O–H groups in total. The SMILES string of the molecule is COC(=O)/C1=C\C=C(\C(C)C)CCC2=CCC[C@@](C)(OC2=O)C(=O)CC1. The number of esters is 2. The van der Waals surface area contributed by atoms with Crippen molar-refractivity contribution in [2.75, 3.05) is 7.11 Å². The number of fused-ring (bicyclic) bond motifs is 3. The van der Waals surface area contributed by atoms with Crippen molar-refractivity contribution in [3.8, 4) is 0 Å². The number of carbonyl (C=O) groups excluding carboxylic acids is 3. The van der Waals surface area contributed by atoms with Crippen molar-refractivity contribution in [2.24, 2.45) is 5.92 Å². The van der Waals surface area contributed by atoms with Gasteiger partial charge in [0.1, 0.15) is 0 Å². The van der Waals surface area contributed by atoms with Crippen LogP contribution < -0.4 is 0 Å². The van der Waals surface area contributed by atoms with Gasteiger partial charge >= 0.3 is 11.9 Å². The van der Waals surface area contributed by atoms with E-state index in [0.29, 0.717) is 36.8 Å². The lowest BCUT2D eigenvalue weighted by Gasteiger charge is -2.26. The molecule has 0 aromatic heterocycles. The Kier molecular flexibility index (Phi) is 6.57. The highest BCUT2D eigenvalue weighted by atomic mass is 16.6. The van der Waals surface area contributed by atoms with Crippen molar-refractivity contribution in [1.82, 2.24) is 0 Å². The molecule has 0 fully saturated rings. The number of carbonyl (C=O) groups is 3. The van der Waals surface area contributed by atoms with Crippen molar-refractivity contribution in [3.05, 3.63) is 34.9 Å². The quantitative estimate of drug-likeness (QED) is 0.700. The molecule has 2 bridgehead atoms.